The fourth-order valence-electron chi connectivity index (χ4n) is 1.20. The lowest BCUT2D eigenvalue weighted by molar-refractivity contribution is 1.11. The van der Waals surface area contributed by atoms with Crippen LogP contribution in [-0.2, 0) is 0 Å². The Morgan fingerprint density at radius 1 is 1.58 bits per heavy atom. The van der Waals surface area contributed by atoms with Gasteiger partial charge in [-0.05, 0) is 13.0 Å². The van der Waals surface area contributed by atoms with E-state index < -0.39 is 0 Å². The topological polar surface area (TPSA) is 43.3 Å². The molecule has 3 nitrogen and oxygen atoms in total. The van der Waals surface area contributed by atoms with E-state index in [1.165, 1.54) is 0 Å². The Morgan fingerprint density at radius 3 is 3.08 bits per heavy atom. The molecular formula is C8H8ClN3. The molecule has 0 atom stereocenters. The van der Waals surface area contributed by atoms with Crippen LogP contribution in [0.4, 0.5) is 5.69 Å². The highest BCUT2D eigenvalue weighted by Gasteiger charge is 2.03. The third kappa shape index (κ3) is 0.940. The molecule has 0 amide bonds. The van der Waals surface area contributed by atoms with Crippen molar-refractivity contribution in [3.63, 3.8) is 0 Å². The first-order valence-electron chi connectivity index (χ1n) is 3.57. The van der Waals surface area contributed by atoms with Crippen molar-refractivity contribution in [1.29, 1.82) is 0 Å². The molecule has 2 aromatic rings. The Hall–Kier alpha value is -1.22. The third-order valence-electron chi connectivity index (χ3n) is 1.79. The summed E-state index contributed by atoms with van der Waals surface area (Å²) in [5.74, 6) is 0. The van der Waals surface area contributed by atoms with Gasteiger partial charge in [0.15, 0.2) is 5.65 Å². The summed E-state index contributed by atoms with van der Waals surface area (Å²) in [7, 11) is 0. The predicted octanol–water partition coefficient (Wildman–Crippen LogP) is 1.88. The smallest absolute Gasteiger partial charge is 0.160 e. The number of imidazole rings is 1. The number of anilines is 1. The maximum Gasteiger partial charge on any atom is 0.160 e. The summed E-state index contributed by atoms with van der Waals surface area (Å²) in [5.41, 5.74) is 8.10. The largest absolute Gasteiger partial charge is 0.396 e. The van der Waals surface area contributed by atoms with Crippen molar-refractivity contribution < 1.29 is 0 Å². The first kappa shape index (κ1) is 7.43. The number of fused-ring (bicyclic) bond motifs is 1. The third-order valence-corrected chi connectivity index (χ3v) is 1.99. The lowest BCUT2D eigenvalue weighted by Crippen LogP contribution is -1.93. The van der Waals surface area contributed by atoms with Crippen molar-refractivity contribution in [3.8, 4) is 0 Å². The van der Waals surface area contributed by atoms with E-state index in [9.17, 15) is 0 Å². The van der Waals surface area contributed by atoms with E-state index in [2.05, 4.69) is 4.98 Å². The lowest BCUT2D eigenvalue weighted by atomic mass is 10.4. The number of nitrogen functional groups attached to an aromatic ring is 1. The van der Waals surface area contributed by atoms with Gasteiger partial charge in [-0.1, -0.05) is 11.6 Å². The van der Waals surface area contributed by atoms with Crippen molar-refractivity contribution in [2.75, 3.05) is 5.73 Å². The number of nitrogens with two attached hydrogens (primary N) is 1. The number of rotatable bonds is 0. The van der Waals surface area contributed by atoms with Gasteiger partial charge in [-0.2, -0.15) is 0 Å². The maximum atomic E-state index is 5.82. The first-order valence-corrected chi connectivity index (χ1v) is 3.95. The van der Waals surface area contributed by atoms with Crippen LogP contribution in [0.25, 0.3) is 5.65 Å². The molecular weight excluding hydrogens is 174 g/mol. The molecule has 0 saturated heterocycles. The molecule has 2 N–H and O–H groups in total. The zero-order valence-electron chi connectivity index (χ0n) is 6.58. The molecule has 0 aliphatic carbocycles. The second kappa shape index (κ2) is 2.38. The van der Waals surface area contributed by atoms with Gasteiger partial charge in [0, 0.05) is 18.1 Å². The number of nitrogens with zero attached hydrogens (tertiary/aromatic N) is 2. The van der Waals surface area contributed by atoms with Crippen LogP contribution in [0.5, 0.6) is 0 Å². The molecule has 0 fully saturated rings. The molecule has 2 heterocycles. The molecule has 0 bridgehead atoms. The molecule has 0 aromatic carbocycles. The zero-order chi connectivity index (χ0) is 8.72. The summed E-state index contributed by atoms with van der Waals surface area (Å²) < 4.78 is 1.87. The molecule has 2 aromatic heterocycles. The van der Waals surface area contributed by atoms with Crippen LogP contribution in [0.15, 0.2) is 18.5 Å². The molecule has 12 heavy (non-hydrogen) atoms. The van der Waals surface area contributed by atoms with Gasteiger partial charge in [0.2, 0.25) is 0 Å². The van der Waals surface area contributed by atoms with E-state index in [0.717, 1.165) is 11.3 Å². The van der Waals surface area contributed by atoms with Gasteiger partial charge in [-0.25, -0.2) is 4.98 Å². The molecule has 0 spiro atoms. The summed E-state index contributed by atoms with van der Waals surface area (Å²) in [4.78, 5) is 4.14. The Kier molecular flexibility index (Phi) is 1.48. The van der Waals surface area contributed by atoms with Crippen LogP contribution in [0, 0.1) is 6.92 Å². The molecule has 0 radical (unpaired) electrons. The Bertz CT molecular complexity index is 433. The van der Waals surface area contributed by atoms with Crippen molar-refractivity contribution in [1.82, 2.24) is 9.38 Å². The van der Waals surface area contributed by atoms with Crippen LogP contribution in [0.2, 0.25) is 5.02 Å². The van der Waals surface area contributed by atoms with Gasteiger partial charge < -0.3 is 10.1 Å². The van der Waals surface area contributed by atoms with E-state index >= 15 is 0 Å². The van der Waals surface area contributed by atoms with E-state index in [-0.39, 0.29) is 0 Å². The van der Waals surface area contributed by atoms with E-state index in [0.29, 0.717) is 10.7 Å². The van der Waals surface area contributed by atoms with Gasteiger partial charge in [0.25, 0.3) is 0 Å². The van der Waals surface area contributed by atoms with Gasteiger partial charge in [-0.15, -0.1) is 0 Å². The molecule has 0 aliphatic heterocycles. The van der Waals surface area contributed by atoms with E-state index in [1.807, 2.05) is 11.3 Å². The summed E-state index contributed by atoms with van der Waals surface area (Å²) >= 11 is 5.82. The number of aromatic nitrogens is 2. The highest BCUT2D eigenvalue weighted by molar-refractivity contribution is 6.30. The fraction of sp³-hybridized carbons (Fsp3) is 0.125. The predicted molar refractivity (Wildman–Crippen MR) is 49.4 cm³/mol. The molecule has 62 valence electrons. The van der Waals surface area contributed by atoms with Gasteiger partial charge in [-0.3, -0.25) is 0 Å². The Balaban J connectivity index is 2.92. The van der Waals surface area contributed by atoms with Gasteiger partial charge in [0.1, 0.15) is 0 Å². The molecule has 0 aliphatic rings. The second-order valence-corrected chi connectivity index (χ2v) is 3.14. The summed E-state index contributed by atoms with van der Waals surface area (Å²) in [6, 6.07) is 1.70. The first-order chi connectivity index (χ1) is 5.68. The average molecular weight is 182 g/mol. The SMILES string of the molecule is Cc1cnc2c(N)cc(Cl)cn12. The number of halogens is 1. The minimum Gasteiger partial charge on any atom is -0.396 e. The van der Waals surface area contributed by atoms with Crippen LogP contribution in [-0.4, -0.2) is 9.38 Å². The van der Waals surface area contributed by atoms with Crippen LogP contribution >= 0.6 is 11.6 Å². The minimum absolute atomic E-state index is 0.607. The zero-order valence-corrected chi connectivity index (χ0v) is 7.34. The van der Waals surface area contributed by atoms with Crippen molar-refractivity contribution in [2.24, 2.45) is 0 Å². The number of aryl methyl sites for hydroxylation is 1. The normalized spacial score (nSPS) is 10.8. The van der Waals surface area contributed by atoms with E-state index in [1.54, 1.807) is 18.5 Å². The number of hydrogen-bond donors (Lipinski definition) is 1. The summed E-state index contributed by atoms with van der Waals surface area (Å²) in [5, 5.41) is 0.626. The van der Waals surface area contributed by atoms with Crippen LogP contribution in [0.3, 0.4) is 0 Å². The average Bonchev–Trinajstić information content (AvgIpc) is 2.33. The molecule has 4 heteroatoms. The minimum atomic E-state index is 0.607. The second-order valence-electron chi connectivity index (χ2n) is 2.71. The monoisotopic (exact) mass is 181 g/mol. The quantitative estimate of drug-likeness (QED) is 0.675. The van der Waals surface area contributed by atoms with E-state index in [4.69, 9.17) is 17.3 Å². The van der Waals surface area contributed by atoms with Crippen molar-refractivity contribution in [3.05, 3.63) is 29.2 Å². The molecule has 0 unspecified atom stereocenters. The Morgan fingerprint density at radius 2 is 2.33 bits per heavy atom. The fourth-order valence-corrected chi connectivity index (χ4v) is 1.41. The molecule has 0 saturated carbocycles. The van der Waals surface area contributed by atoms with Crippen molar-refractivity contribution >= 4 is 22.9 Å². The van der Waals surface area contributed by atoms with Gasteiger partial charge >= 0.3 is 0 Å². The Labute approximate surface area is 74.8 Å². The number of pyridine rings is 1. The number of hydrogen-bond acceptors (Lipinski definition) is 2. The van der Waals surface area contributed by atoms with Gasteiger partial charge in [0.05, 0.1) is 10.7 Å². The lowest BCUT2D eigenvalue weighted by Gasteiger charge is -1.99. The summed E-state index contributed by atoms with van der Waals surface area (Å²) in [6.45, 7) is 1.95. The standard InChI is InChI=1S/C8H8ClN3/c1-5-3-11-8-7(10)2-6(9)4-12(5)8/h2-4H,10H2,1H3. The molecule has 2 rings (SSSR count). The highest BCUT2D eigenvalue weighted by Crippen LogP contribution is 2.19. The highest BCUT2D eigenvalue weighted by atomic mass is 35.5. The van der Waals surface area contributed by atoms with Crippen LogP contribution < -0.4 is 5.73 Å². The summed E-state index contributed by atoms with van der Waals surface area (Å²) in [6.07, 6.45) is 3.57. The maximum absolute atomic E-state index is 5.82. The van der Waals surface area contributed by atoms with Crippen molar-refractivity contribution in [2.45, 2.75) is 6.92 Å². The van der Waals surface area contributed by atoms with Crippen LogP contribution in [0.1, 0.15) is 5.69 Å².